The van der Waals surface area contributed by atoms with Gasteiger partial charge < -0.3 is 5.32 Å². The molecule has 1 aromatic heterocycles. The summed E-state index contributed by atoms with van der Waals surface area (Å²) in [4.78, 5) is 8.84. The van der Waals surface area contributed by atoms with Crippen molar-refractivity contribution < 1.29 is 17.6 Å². The molecule has 4 aromatic rings. The minimum Gasteiger partial charge on any atom is -0.333 e. The summed E-state index contributed by atoms with van der Waals surface area (Å²) < 4.78 is 54.7. The van der Waals surface area contributed by atoms with Gasteiger partial charge in [0.05, 0.1) is 16.8 Å². The van der Waals surface area contributed by atoms with Gasteiger partial charge in [0, 0.05) is 16.5 Å². The number of aromatic nitrogens is 2. The normalized spacial score (nSPS) is 13.1. The minimum atomic E-state index is -4.56. The van der Waals surface area contributed by atoms with Crippen LogP contribution in [0.25, 0.3) is 33.6 Å². The lowest BCUT2D eigenvalue weighted by Gasteiger charge is -2.18. The summed E-state index contributed by atoms with van der Waals surface area (Å²) in [6.45, 7) is 3.92. The van der Waals surface area contributed by atoms with Gasteiger partial charge in [-0.25, -0.2) is 14.4 Å². The van der Waals surface area contributed by atoms with E-state index in [1.807, 2.05) is 0 Å². The van der Waals surface area contributed by atoms with Crippen LogP contribution >= 0.6 is 0 Å². The van der Waals surface area contributed by atoms with Crippen LogP contribution in [0.15, 0.2) is 85.1 Å². The molecule has 0 amide bonds. The second kappa shape index (κ2) is 7.73. The number of rotatable bonds is 3. The fourth-order valence-electron chi connectivity index (χ4n) is 3.75. The van der Waals surface area contributed by atoms with Crippen LogP contribution in [0.2, 0.25) is 0 Å². The van der Waals surface area contributed by atoms with Gasteiger partial charge in [-0.2, -0.15) is 13.2 Å². The highest BCUT2D eigenvalue weighted by molar-refractivity contribution is 5.97. The Morgan fingerprint density at radius 1 is 0.848 bits per heavy atom. The molecule has 0 saturated carbocycles. The summed E-state index contributed by atoms with van der Waals surface area (Å²) >= 11 is 0. The number of benzene rings is 3. The lowest BCUT2D eigenvalue weighted by molar-refractivity contribution is -0.137. The van der Waals surface area contributed by atoms with E-state index in [0.29, 0.717) is 39.1 Å². The number of hydrogen-bond donors (Lipinski definition) is 1. The predicted octanol–water partition coefficient (Wildman–Crippen LogP) is 7.09. The Hall–Kier alpha value is -4.22. The molecule has 0 unspecified atom stereocenters. The number of para-hydroxylation sites is 1. The third kappa shape index (κ3) is 3.79. The Balaban J connectivity index is 1.69. The molecule has 162 valence electrons. The molecule has 0 fully saturated rings. The van der Waals surface area contributed by atoms with Gasteiger partial charge in [0.1, 0.15) is 11.6 Å². The summed E-state index contributed by atoms with van der Waals surface area (Å²) in [6, 6.07) is 16.5. The number of allylic oxidation sites excluding steroid dienone is 2. The van der Waals surface area contributed by atoms with E-state index < -0.39 is 17.6 Å². The van der Waals surface area contributed by atoms with Crippen LogP contribution in [-0.4, -0.2) is 9.97 Å². The highest BCUT2D eigenvalue weighted by atomic mass is 19.4. The van der Waals surface area contributed by atoms with Crippen molar-refractivity contribution in [3.63, 3.8) is 0 Å². The van der Waals surface area contributed by atoms with Crippen molar-refractivity contribution in [2.75, 3.05) is 5.32 Å². The molecule has 1 aliphatic rings. The van der Waals surface area contributed by atoms with E-state index in [2.05, 4.69) is 27.6 Å². The minimum absolute atomic E-state index is 0.0618. The Morgan fingerprint density at radius 3 is 2.42 bits per heavy atom. The second-order valence-electron chi connectivity index (χ2n) is 7.46. The molecule has 0 bridgehead atoms. The van der Waals surface area contributed by atoms with Gasteiger partial charge in [-0.1, -0.05) is 42.6 Å². The fourth-order valence-corrected chi connectivity index (χ4v) is 3.75. The Bertz CT molecular complexity index is 1500. The summed E-state index contributed by atoms with van der Waals surface area (Å²) in [7, 11) is 0. The summed E-state index contributed by atoms with van der Waals surface area (Å²) in [5, 5.41) is 3.79. The Morgan fingerprint density at radius 2 is 1.61 bits per heavy atom. The zero-order valence-electron chi connectivity index (χ0n) is 17.0. The predicted molar refractivity (Wildman–Crippen MR) is 121 cm³/mol. The average Bonchev–Trinajstić information content (AvgIpc) is 2.80. The van der Waals surface area contributed by atoms with E-state index in [0.717, 1.165) is 6.07 Å². The van der Waals surface area contributed by atoms with Crippen molar-refractivity contribution in [2.45, 2.75) is 6.18 Å². The van der Waals surface area contributed by atoms with Crippen molar-refractivity contribution in [1.82, 2.24) is 9.97 Å². The van der Waals surface area contributed by atoms with Crippen molar-refractivity contribution in [2.24, 2.45) is 0 Å². The largest absolute Gasteiger partial charge is 0.417 e. The summed E-state index contributed by atoms with van der Waals surface area (Å²) in [6.07, 6.45) is -2.94. The second-order valence-corrected chi connectivity index (χ2v) is 7.46. The van der Waals surface area contributed by atoms with E-state index >= 15 is 0 Å². The van der Waals surface area contributed by atoms with Crippen LogP contribution in [0, 0.1) is 5.82 Å². The summed E-state index contributed by atoms with van der Waals surface area (Å²) in [5.74, 6) is -0.150. The number of hydrogen-bond acceptors (Lipinski definition) is 3. The lowest BCUT2D eigenvalue weighted by atomic mass is 9.95. The zero-order chi connectivity index (χ0) is 23.2. The number of halogens is 4. The van der Waals surface area contributed by atoms with Crippen molar-refractivity contribution in [3.8, 4) is 11.4 Å². The first-order valence-corrected chi connectivity index (χ1v) is 9.97. The standard InChI is InChI=1S/C26H15F4N3/c1-15-10-13-23(17-12-11-16(27)14-20(15)17)32-25-19-7-3-5-9-22(19)31-24(33-25)18-6-2-4-8-21(18)26(28,29)30/h2-12,14H,1H2,(H,31,32,33). The molecule has 5 rings (SSSR count). The fraction of sp³-hybridized carbons (Fsp3) is 0.0385. The topological polar surface area (TPSA) is 37.8 Å². The molecule has 1 heterocycles. The molecule has 3 aromatic carbocycles. The lowest BCUT2D eigenvalue weighted by Crippen LogP contribution is -2.10. The highest BCUT2D eigenvalue weighted by Gasteiger charge is 2.34. The van der Waals surface area contributed by atoms with E-state index in [1.54, 1.807) is 36.4 Å². The first-order valence-electron chi connectivity index (χ1n) is 9.97. The monoisotopic (exact) mass is 445 g/mol. The number of nitrogens with one attached hydrogen (secondary N) is 1. The van der Waals surface area contributed by atoms with Gasteiger partial charge >= 0.3 is 6.18 Å². The molecule has 0 atom stereocenters. The maximum atomic E-state index is 13.8. The van der Waals surface area contributed by atoms with Crippen LogP contribution in [0.4, 0.5) is 23.4 Å². The maximum absolute atomic E-state index is 13.8. The number of alkyl halides is 3. The number of anilines is 1. The first-order chi connectivity index (χ1) is 15.8. The molecule has 0 saturated heterocycles. The van der Waals surface area contributed by atoms with Crippen molar-refractivity contribution in [3.05, 3.63) is 108 Å². The van der Waals surface area contributed by atoms with Gasteiger partial charge in [-0.05, 0) is 53.6 Å². The van der Waals surface area contributed by atoms with Crippen molar-refractivity contribution >= 4 is 28.0 Å². The first kappa shape index (κ1) is 20.7. The van der Waals surface area contributed by atoms with Crippen LogP contribution in [0.5, 0.6) is 0 Å². The van der Waals surface area contributed by atoms with Crippen LogP contribution in [0.3, 0.4) is 0 Å². The molecule has 7 heteroatoms. The van der Waals surface area contributed by atoms with E-state index in [1.165, 1.54) is 30.3 Å². The molecule has 1 N–H and O–H groups in total. The maximum Gasteiger partial charge on any atom is 0.417 e. The Kier molecular flexibility index (Phi) is 4.84. The van der Waals surface area contributed by atoms with Gasteiger partial charge in [0.2, 0.25) is 0 Å². The smallest absolute Gasteiger partial charge is 0.333 e. The van der Waals surface area contributed by atoms with E-state index in [-0.39, 0.29) is 11.4 Å². The molecular weight excluding hydrogens is 430 g/mol. The van der Waals surface area contributed by atoms with Crippen molar-refractivity contribution in [1.29, 1.82) is 0 Å². The molecule has 33 heavy (non-hydrogen) atoms. The average molecular weight is 445 g/mol. The number of fused-ring (bicyclic) bond motifs is 2. The van der Waals surface area contributed by atoms with E-state index in [4.69, 9.17) is 0 Å². The third-order valence-electron chi connectivity index (χ3n) is 5.31. The molecule has 1 aliphatic carbocycles. The molecule has 0 radical (unpaired) electrons. The third-order valence-corrected chi connectivity index (χ3v) is 5.31. The van der Waals surface area contributed by atoms with Gasteiger partial charge in [0.25, 0.3) is 0 Å². The quantitative estimate of drug-likeness (QED) is 0.270. The highest BCUT2D eigenvalue weighted by Crippen LogP contribution is 2.37. The van der Waals surface area contributed by atoms with Gasteiger partial charge in [-0.3, -0.25) is 0 Å². The molecule has 0 spiro atoms. The van der Waals surface area contributed by atoms with Crippen LogP contribution < -0.4 is 5.32 Å². The summed E-state index contributed by atoms with van der Waals surface area (Å²) in [5.41, 5.74) is 4.95. The zero-order valence-corrected chi connectivity index (χ0v) is 17.0. The van der Waals surface area contributed by atoms with Crippen LogP contribution in [-0.2, 0) is 6.18 Å². The SMILES string of the molecule is C=C1C=C=C(Nc2nc(-c3ccccc3C(F)(F)F)nc3ccccc23)c2ccc(F)cc21. The molecule has 3 nitrogen and oxygen atoms in total. The number of nitrogens with zero attached hydrogens (tertiary/aromatic N) is 2. The Labute approximate surface area is 186 Å². The van der Waals surface area contributed by atoms with Gasteiger partial charge in [-0.15, -0.1) is 0 Å². The van der Waals surface area contributed by atoms with Gasteiger partial charge in [0.15, 0.2) is 5.82 Å². The molecular formula is C26H15F4N3. The van der Waals surface area contributed by atoms with Crippen LogP contribution in [0.1, 0.15) is 16.7 Å². The molecule has 0 aliphatic heterocycles. The van der Waals surface area contributed by atoms with E-state index in [9.17, 15) is 17.6 Å².